The van der Waals surface area contributed by atoms with Crippen LogP contribution in [-0.4, -0.2) is 74.2 Å². The van der Waals surface area contributed by atoms with E-state index in [2.05, 4.69) is 39.4 Å². The number of carbonyl (C=O) groups excluding carboxylic acids is 1. The van der Waals surface area contributed by atoms with E-state index >= 15 is 0 Å². The van der Waals surface area contributed by atoms with Gasteiger partial charge in [0.15, 0.2) is 0 Å². The number of benzene rings is 2. The normalized spacial score (nSPS) is 18.4. The number of carbonyl (C=O) groups is 1. The minimum absolute atomic E-state index is 0. The van der Waals surface area contributed by atoms with Crippen LogP contribution in [0.4, 0.5) is 5.69 Å². The van der Waals surface area contributed by atoms with E-state index in [0.29, 0.717) is 35.8 Å². The van der Waals surface area contributed by atoms with Crippen LogP contribution in [0.5, 0.6) is 0 Å². The summed E-state index contributed by atoms with van der Waals surface area (Å²) in [6.45, 7) is 7.82. The van der Waals surface area contributed by atoms with Gasteiger partial charge in [0.2, 0.25) is 15.9 Å². The molecule has 4 rings (SSSR count). The van der Waals surface area contributed by atoms with E-state index in [1.165, 1.54) is 5.56 Å². The zero-order chi connectivity index (χ0) is 24.0. The molecule has 2 aromatic rings. The molecular weight excluding hydrogens is 484 g/mol. The van der Waals surface area contributed by atoms with Crippen LogP contribution >= 0.6 is 12.4 Å². The van der Waals surface area contributed by atoms with E-state index in [4.69, 9.17) is 0 Å². The highest BCUT2D eigenvalue weighted by atomic mass is 35.5. The maximum atomic E-state index is 13.2. The molecular formula is C26H37ClN4O3S. The van der Waals surface area contributed by atoms with Gasteiger partial charge in [-0.15, -0.1) is 12.4 Å². The number of hydrogen-bond donors (Lipinski definition) is 1. The van der Waals surface area contributed by atoms with Crippen LogP contribution in [0, 0.1) is 6.92 Å². The molecule has 0 unspecified atom stereocenters. The molecule has 2 heterocycles. The van der Waals surface area contributed by atoms with Crippen molar-refractivity contribution in [2.45, 2.75) is 44.0 Å². The van der Waals surface area contributed by atoms with Crippen molar-refractivity contribution >= 4 is 34.0 Å². The van der Waals surface area contributed by atoms with E-state index in [1.54, 1.807) is 29.4 Å². The van der Waals surface area contributed by atoms with Gasteiger partial charge in [0, 0.05) is 38.4 Å². The summed E-state index contributed by atoms with van der Waals surface area (Å²) in [4.78, 5) is 17.7. The smallest absolute Gasteiger partial charge is 0.243 e. The number of amides is 1. The predicted molar refractivity (Wildman–Crippen MR) is 142 cm³/mol. The van der Waals surface area contributed by atoms with Gasteiger partial charge in [-0.1, -0.05) is 42.8 Å². The van der Waals surface area contributed by atoms with Gasteiger partial charge < -0.3 is 5.32 Å². The second kappa shape index (κ2) is 12.8. The fourth-order valence-electron chi connectivity index (χ4n) is 4.79. The van der Waals surface area contributed by atoms with Gasteiger partial charge in [-0.05, 0) is 62.5 Å². The molecule has 1 N–H and O–H groups in total. The van der Waals surface area contributed by atoms with Crippen molar-refractivity contribution in [2.75, 3.05) is 51.1 Å². The second-order valence-corrected chi connectivity index (χ2v) is 11.3. The zero-order valence-corrected chi connectivity index (χ0v) is 22.1. The van der Waals surface area contributed by atoms with E-state index in [-0.39, 0.29) is 18.3 Å². The van der Waals surface area contributed by atoms with Crippen LogP contribution in [0.1, 0.15) is 36.8 Å². The van der Waals surface area contributed by atoms with Crippen molar-refractivity contribution in [1.82, 2.24) is 14.1 Å². The molecule has 0 atom stereocenters. The molecule has 2 aliphatic rings. The van der Waals surface area contributed by atoms with Crippen LogP contribution in [0.2, 0.25) is 0 Å². The lowest BCUT2D eigenvalue weighted by atomic mass is 10.2. The third-order valence-electron chi connectivity index (χ3n) is 6.70. The van der Waals surface area contributed by atoms with E-state index in [1.807, 2.05) is 6.07 Å². The summed E-state index contributed by atoms with van der Waals surface area (Å²) in [5.74, 6) is -0.110. The Morgan fingerprint density at radius 2 is 1.54 bits per heavy atom. The highest BCUT2D eigenvalue weighted by Gasteiger charge is 2.28. The molecule has 1 amide bonds. The van der Waals surface area contributed by atoms with Gasteiger partial charge in [-0.2, -0.15) is 4.31 Å². The molecule has 2 aliphatic heterocycles. The first-order chi connectivity index (χ1) is 16.4. The molecule has 0 radical (unpaired) electrons. The van der Waals surface area contributed by atoms with Gasteiger partial charge in [0.1, 0.15) is 0 Å². The Labute approximate surface area is 215 Å². The largest absolute Gasteiger partial charge is 0.325 e. The Bertz CT molecular complexity index is 1080. The Morgan fingerprint density at radius 1 is 0.857 bits per heavy atom. The quantitative estimate of drug-likeness (QED) is 0.602. The molecule has 0 aromatic heterocycles. The number of sulfonamides is 1. The predicted octanol–water partition coefficient (Wildman–Crippen LogP) is 3.74. The van der Waals surface area contributed by atoms with Gasteiger partial charge in [-0.25, -0.2) is 8.42 Å². The van der Waals surface area contributed by atoms with Crippen molar-refractivity contribution in [1.29, 1.82) is 0 Å². The van der Waals surface area contributed by atoms with Crippen molar-refractivity contribution in [3.63, 3.8) is 0 Å². The number of hydrogen-bond acceptors (Lipinski definition) is 5. The van der Waals surface area contributed by atoms with Gasteiger partial charge >= 0.3 is 0 Å². The third kappa shape index (κ3) is 7.51. The molecule has 0 bridgehead atoms. The van der Waals surface area contributed by atoms with Gasteiger partial charge in [-0.3, -0.25) is 14.6 Å². The van der Waals surface area contributed by atoms with Gasteiger partial charge in [0.25, 0.3) is 0 Å². The lowest BCUT2D eigenvalue weighted by Crippen LogP contribution is -2.36. The number of piperidine rings is 1. The Kier molecular flexibility index (Phi) is 10.1. The molecule has 2 fully saturated rings. The summed E-state index contributed by atoms with van der Waals surface area (Å²) in [6.07, 6.45) is 3.88. The molecule has 192 valence electrons. The fraction of sp³-hybridized carbons (Fsp3) is 0.500. The van der Waals surface area contributed by atoms with E-state index in [9.17, 15) is 13.2 Å². The van der Waals surface area contributed by atoms with Gasteiger partial charge in [0.05, 0.1) is 11.4 Å². The summed E-state index contributed by atoms with van der Waals surface area (Å²) < 4.78 is 27.9. The minimum Gasteiger partial charge on any atom is -0.325 e. The molecule has 0 saturated carbocycles. The first-order valence-electron chi connectivity index (χ1n) is 12.3. The first kappa shape index (κ1) is 27.6. The highest BCUT2D eigenvalue weighted by molar-refractivity contribution is 7.89. The second-order valence-electron chi connectivity index (χ2n) is 9.38. The summed E-state index contributed by atoms with van der Waals surface area (Å²) in [7, 11) is -3.55. The van der Waals surface area contributed by atoms with Crippen LogP contribution in [0.25, 0.3) is 0 Å². The van der Waals surface area contributed by atoms with Crippen LogP contribution < -0.4 is 5.32 Å². The summed E-state index contributed by atoms with van der Waals surface area (Å²) in [6, 6.07) is 15.6. The number of rotatable bonds is 7. The van der Waals surface area contributed by atoms with Crippen LogP contribution in [0.3, 0.4) is 0 Å². The number of nitrogens with one attached hydrogen (secondary N) is 1. The Hall–Kier alpha value is -1.97. The molecule has 0 aliphatic carbocycles. The van der Waals surface area contributed by atoms with Crippen molar-refractivity contribution in [3.8, 4) is 0 Å². The third-order valence-corrected chi connectivity index (χ3v) is 8.74. The lowest BCUT2D eigenvalue weighted by molar-refractivity contribution is -0.117. The van der Waals surface area contributed by atoms with Crippen molar-refractivity contribution < 1.29 is 13.2 Å². The average molecular weight is 521 g/mol. The molecule has 35 heavy (non-hydrogen) atoms. The van der Waals surface area contributed by atoms with Crippen LogP contribution in [0.15, 0.2) is 53.4 Å². The topological polar surface area (TPSA) is 73.0 Å². The summed E-state index contributed by atoms with van der Waals surface area (Å²) in [5, 5.41) is 2.93. The Morgan fingerprint density at radius 3 is 2.29 bits per heavy atom. The average Bonchev–Trinajstić information content (AvgIpc) is 3.06. The molecule has 9 heteroatoms. The van der Waals surface area contributed by atoms with Crippen LogP contribution in [-0.2, 0) is 21.4 Å². The Balaban J connectivity index is 0.00000342. The number of halogens is 1. The lowest BCUT2D eigenvalue weighted by Gasteiger charge is -2.26. The SMILES string of the molecule is Cc1ccc(NC(=O)CN2CCCN(Cc3ccccc3)CC2)cc1S(=O)(=O)N1CCCCC1.Cl. The molecule has 7 nitrogen and oxygen atoms in total. The highest BCUT2D eigenvalue weighted by Crippen LogP contribution is 2.26. The maximum Gasteiger partial charge on any atom is 0.243 e. The van der Waals surface area contributed by atoms with E-state index < -0.39 is 10.0 Å². The van der Waals surface area contributed by atoms with Crippen molar-refractivity contribution in [3.05, 3.63) is 59.7 Å². The van der Waals surface area contributed by atoms with Crippen molar-refractivity contribution in [2.24, 2.45) is 0 Å². The number of anilines is 1. The number of nitrogens with zero attached hydrogens (tertiary/aromatic N) is 3. The number of aryl methyl sites for hydroxylation is 1. The maximum absolute atomic E-state index is 13.2. The molecule has 2 aromatic carbocycles. The monoisotopic (exact) mass is 520 g/mol. The standard InChI is InChI=1S/C26H36N4O3S.ClH/c1-22-11-12-24(19-25(22)34(32,33)30-15-6-3-7-16-30)27-26(31)21-29-14-8-13-28(17-18-29)20-23-9-4-2-5-10-23;/h2,4-5,9-12,19H,3,6-8,13-18,20-21H2,1H3,(H,27,31);1H. The fourth-order valence-corrected chi connectivity index (χ4v) is 6.55. The summed E-state index contributed by atoms with van der Waals surface area (Å²) in [5.41, 5.74) is 2.55. The molecule has 2 saturated heterocycles. The van der Waals surface area contributed by atoms with E-state index in [0.717, 1.165) is 58.4 Å². The summed E-state index contributed by atoms with van der Waals surface area (Å²) >= 11 is 0. The zero-order valence-electron chi connectivity index (χ0n) is 20.5. The minimum atomic E-state index is -3.55. The molecule has 0 spiro atoms. The first-order valence-corrected chi connectivity index (χ1v) is 13.7.